The predicted molar refractivity (Wildman–Crippen MR) is 131 cm³/mol. The van der Waals surface area contributed by atoms with Crippen LogP contribution in [-0.4, -0.2) is 50.1 Å². The zero-order chi connectivity index (χ0) is 27.5. The normalized spacial score (nSPS) is 18.7. The Morgan fingerprint density at radius 2 is 1.95 bits per heavy atom. The summed E-state index contributed by atoms with van der Waals surface area (Å²) in [6.07, 6.45) is -4.10. The molecule has 1 saturated heterocycles. The second-order valence-corrected chi connectivity index (χ2v) is 10.1. The van der Waals surface area contributed by atoms with E-state index < -0.39 is 43.0 Å². The molecule has 1 N–H and O–H groups in total. The molecule has 2 aromatic heterocycles. The molecule has 1 fully saturated rings. The number of carbonyl (C=O) groups excluding carboxylic acids is 1. The van der Waals surface area contributed by atoms with Gasteiger partial charge in [0.05, 0.1) is 24.4 Å². The maximum Gasteiger partial charge on any atom is 0.282 e. The van der Waals surface area contributed by atoms with Crippen LogP contribution >= 0.6 is 11.3 Å². The first-order chi connectivity index (χ1) is 18.8. The fourth-order valence-electron chi connectivity index (χ4n) is 4.75. The molecule has 2 aliphatic rings. The fraction of sp³-hybridized carbons (Fsp3) is 0.440. The number of halogens is 4. The van der Waals surface area contributed by atoms with Crippen molar-refractivity contribution in [3.63, 3.8) is 0 Å². The number of alkyl halides is 4. The van der Waals surface area contributed by atoms with Crippen LogP contribution in [-0.2, 0) is 34.0 Å². The van der Waals surface area contributed by atoms with Crippen molar-refractivity contribution in [3.05, 3.63) is 68.4 Å². The van der Waals surface area contributed by atoms with Crippen molar-refractivity contribution in [1.82, 2.24) is 19.7 Å². The first-order valence-corrected chi connectivity index (χ1v) is 13.1. The largest absolute Gasteiger partial charge is 0.411 e. The molecule has 3 aromatic rings. The van der Waals surface area contributed by atoms with Gasteiger partial charge in [0, 0.05) is 30.0 Å². The zero-order valence-corrected chi connectivity index (χ0v) is 21.4. The Balaban J connectivity index is 1.18. The topological polar surface area (TPSA) is 102 Å². The number of aromatic nitrogens is 3. The number of fused-ring (bicyclic) bond motifs is 1. The van der Waals surface area contributed by atoms with Crippen molar-refractivity contribution in [1.29, 1.82) is 0 Å². The summed E-state index contributed by atoms with van der Waals surface area (Å²) in [5, 5.41) is 18.3. The molecule has 4 heterocycles. The van der Waals surface area contributed by atoms with Gasteiger partial charge in [-0.1, -0.05) is 23.4 Å². The number of hydrogen-bond donors (Lipinski definition) is 1. The summed E-state index contributed by atoms with van der Waals surface area (Å²) in [6, 6.07) is 6.24. The second-order valence-electron chi connectivity index (χ2n) is 9.20. The van der Waals surface area contributed by atoms with Crippen molar-refractivity contribution >= 4 is 23.5 Å². The zero-order valence-electron chi connectivity index (χ0n) is 20.6. The molecule has 2 aliphatic heterocycles. The van der Waals surface area contributed by atoms with Crippen LogP contribution in [0.2, 0.25) is 0 Å². The Labute approximate surface area is 224 Å². The lowest BCUT2D eigenvalue weighted by Gasteiger charge is -2.31. The molecule has 9 nitrogen and oxygen atoms in total. The van der Waals surface area contributed by atoms with Gasteiger partial charge < -0.3 is 19.6 Å². The molecule has 1 unspecified atom stereocenters. The summed E-state index contributed by atoms with van der Waals surface area (Å²) in [6.45, 7) is 0.808. The minimum absolute atomic E-state index is 0.0925. The number of benzene rings is 1. The Morgan fingerprint density at radius 3 is 2.67 bits per heavy atom. The molecule has 14 heteroatoms. The Morgan fingerprint density at radius 1 is 1.18 bits per heavy atom. The molecule has 1 aromatic carbocycles. The Bertz CT molecular complexity index is 1340. The first-order valence-electron chi connectivity index (χ1n) is 12.2. The van der Waals surface area contributed by atoms with Crippen molar-refractivity contribution in [3.8, 4) is 0 Å². The average Bonchev–Trinajstić information content (AvgIpc) is 3.52. The maximum atomic E-state index is 13.2. The smallest absolute Gasteiger partial charge is 0.282 e. The van der Waals surface area contributed by atoms with Gasteiger partial charge in [0.25, 0.3) is 12.9 Å². The number of ether oxygens (including phenoxy) is 2. The average molecular weight is 568 g/mol. The molecular formula is C25H25F4N5O4S. The summed E-state index contributed by atoms with van der Waals surface area (Å²) < 4.78 is 64.9. The molecule has 1 atom stereocenters. The summed E-state index contributed by atoms with van der Waals surface area (Å²) in [7, 11) is 0. The lowest BCUT2D eigenvalue weighted by atomic mass is 9.97. The highest BCUT2D eigenvalue weighted by atomic mass is 32.1. The van der Waals surface area contributed by atoms with Crippen LogP contribution in [0.5, 0.6) is 0 Å². The minimum atomic E-state index is -3.02. The molecule has 1 amide bonds. The van der Waals surface area contributed by atoms with Crippen molar-refractivity contribution in [2.45, 2.75) is 57.7 Å². The van der Waals surface area contributed by atoms with Gasteiger partial charge in [0.2, 0.25) is 12.2 Å². The summed E-state index contributed by atoms with van der Waals surface area (Å²) in [5.74, 6) is -0.362. The van der Waals surface area contributed by atoms with E-state index in [1.807, 2.05) is 23.6 Å². The highest BCUT2D eigenvalue weighted by Crippen LogP contribution is 2.35. The molecule has 5 rings (SSSR count). The lowest BCUT2D eigenvalue weighted by molar-refractivity contribution is -0.155. The number of hydrogen-bond acceptors (Lipinski definition) is 8. The summed E-state index contributed by atoms with van der Waals surface area (Å²) >= 11 is 1.48. The van der Waals surface area contributed by atoms with Gasteiger partial charge in [-0.3, -0.25) is 9.48 Å². The summed E-state index contributed by atoms with van der Waals surface area (Å²) in [5.41, 5.74) is 1.72. The van der Waals surface area contributed by atoms with Gasteiger partial charge in [0.15, 0.2) is 0 Å². The van der Waals surface area contributed by atoms with Crippen LogP contribution < -0.4 is 0 Å². The maximum absolute atomic E-state index is 13.2. The van der Waals surface area contributed by atoms with E-state index in [1.165, 1.54) is 22.5 Å². The van der Waals surface area contributed by atoms with E-state index in [0.717, 1.165) is 21.7 Å². The minimum Gasteiger partial charge on any atom is -0.411 e. The molecule has 0 aliphatic carbocycles. The van der Waals surface area contributed by atoms with E-state index in [1.54, 1.807) is 0 Å². The molecule has 0 bridgehead atoms. The highest BCUT2D eigenvalue weighted by Gasteiger charge is 2.29. The van der Waals surface area contributed by atoms with Crippen molar-refractivity contribution < 1.29 is 37.0 Å². The van der Waals surface area contributed by atoms with Gasteiger partial charge in [-0.25, -0.2) is 22.5 Å². The van der Waals surface area contributed by atoms with Crippen LogP contribution in [0.15, 0.2) is 34.8 Å². The van der Waals surface area contributed by atoms with Crippen LogP contribution in [0.3, 0.4) is 0 Å². The number of likely N-dealkylation sites (tertiary alicyclic amines) is 1. The van der Waals surface area contributed by atoms with E-state index in [-0.39, 0.29) is 12.5 Å². The lowest BCUT2D eigenvalue weighted by Crippen LogP contribution is -2.40. The van der Waals surface area contributed by atoms with E-state index in [2.05, 4.69) is 10.3 Å². The first kappa shape index (κ1) is 27.2. The van der Waals surface area contributed by atoms with E-state index in [9.17, 15) is 22.4 Å². The predicted octanol–water partition coefficient (Wildman–Crippen LogP) is 5.17. The Kier molecular flexibility index (Phi) is 8.23. The highest BCUT2D eigenvalue weighted by molar-refractivity contribution is 7.09. The fourth-order valence-corrected chi connectivity index (χ4v) is 5.75. The van der Waals surface area contributed by atoms with Gasteiger partial charge in [-0.2, -0.15) is 5.10 Å². The van der Waals surface area contributed by atoms with Gasteiger partial charge >= 0.3 is 0 Å². The van der Waals surface area contributed by atoms with Gasteiger partial charge in [-0.15, -0.1) is 11.3 Å². The Hall–Kier alpha value is -3.36. The number of thiazole rings is 1. The molecule has 0 radical (unpaired) electrons. The molecule has 39 heavy (non-hydrogen) atoms. The quantitative estimate of drug-likeness (QED) is 0.183. The number of rotatable bonds is 7. The van der Waals surface area contributed by atoms with E-state index in [4.69, 9.17) is 19.7 Å². The molecule has 0 saturated carbocycles. The van der Waals surface area contributed by atoms with Crippen molar-refractivity contribution in [2.24, 2.45) is 5.16 Å². The monoisotopic (exact) mass is 567 g/mol. The van der Waals surface area contributed by atoms with E-state index in [0.29, 0.717) is 49.0 Å². The van der Waals surface area contributed by atoms with Crippen LogP contribution in [0.1, 0.15) is 76.7 Å². The third-order valence-electron chi connectivity index (χ3n) is 6.82. The second kappa shape index (κ2) is 11.8. The van der Waals surface area contributed by atoms with Gasteiger partial charge in [-0.05, 0) is 30.0 Å². The van der Waals surface area contributed by atoms with Crippen molar-refractivity contribution in [2.75, 3.05) is 13.1 Å². The summed E-state index contributed by atoms with van der Waals surface area (Å²) in [4.78, 5) is 19.0. The van der Waals surface area contributed by atoms with Crippen LogP contribution in [0.25, 0.3) is 0 Å². The molecular weight excluding hydrogens is 542 g/mol. The van der Waals surface area contributed by atoms with Gasteiger partial charge in [0.1, 0.15) is 23.6 Å². The SMILES string of the molecule is O=C(Cn1nc(C(F)F)cc1C(F)F)N1CCC(c2nc(C3OCc4cccc(/C=N\O)c4CO3)cs2)CC1. The van der Waals surface area contributed by atoms with Crippen LogP contribution in [0.4, 0.5) is 17.6 Å². The number of amides is 1. The number of piperidine rings is 1. The number of carbonyl (C=O) groups is 1. The molecule has 208 valence electrons. The molecule has 0 spiro atoms. The van der Waals surface area contributed by atoms with E-state index >= 15 is 0 Å². The standard InChI is InChI=1S/C25H25F4N5O4S/c26-22(27)18-8-20(23(28)29)34(32-18)10-21(35)33-6-4-14(5-7-33)24-31-19(13-39-24)25-37-11-16-3-1-2-15(9-30-36)17(16)12-38-25/h1-3,8-9,13-14,22-23,25,36H,4-7,10-12H2/b30-9-. The third kappa shape index (κ3) is 5.97. The number of nitrogens with zero attached hydrogens (tertiary/aromatic N) is 5. The number of oxime groups is 1. The third-order valence-corrected chi connectivity index (χ3v) is 7.84. The van der Waals surface area contributed by atoms with Crippen LogP contribution in [0, 0.1) is 0 Å².